The summed E-state index contributed by atoms with van der Waals surface area (Å²) in [4.78, 5) is 9.08. The zero-order valence-corrected chi connectivity index (χ0v) is 23.8. The molecule has 1 aromatic carbocycles. The Bertz CT molecular complexity index is 1220. The average molecular weight is 597 g/mol. The third-order valence-corrected chi connectivity index (χ3v) is 7.10. The molecule has 0 saturated carbocycles. The summed E-state index contributed by atoms with van der Waals surface area (Å²) in [6.07, 6.45) is 3.07. The number of nitrogens with zero attached hydrogens (tertiary/aromatic N) is 3. The molecule has 2 heterocycles. The van der Waals surface area contributed by atoms with Gasteiger partial charge in [-0.3, -0.25) is 0 Å². The second-order valence-electron chi connectivity index (χ2n) is 9.08. The molecule has 0 bridgehead atoms. The molecule has 37 heavy (non-hydrogen) atoms. The van der Waals surface area contributed by atoms with Gasteiger partial charge >= 0.3 is 0 Å². The number of aromatic nitrogens is 2. The van der Waals surface area contributed by atoms with Crippen LogP contribution in [0, 0.1) is 5.82 Å². The summed E-state index contributed by atoms with van der Waals surface area (Å²) in [6, 6.07) is 5.72. The number of aliphatic hydroxyl groups excluding tert-OH is 1. The molecule has 0 aliphatic carbocycles. The van der Waals surface area contributed by atoms with E-state index in [-0.39, 0.29) is 24.9 Å². The van der Waals surface area contributed by atoms with Crippen molar-refractivity contribution in [3.63, 3.8) is 0 Å². The minimum absolute atomic E-state index is 0.00724. The van der Waals surface area contributed by atoms with Crippen molar-refractivity contribution in [3.05, 3.63) is 47.4 Å². The summed E-state index contributed by atoms with van der Waals surface area (Å²) in [5, 5.41) is 10.3. The number of hydrogen-bond donors (Lipinski definition) is 1. The smallest absolute Gasteiger partial charge is 0.239 e. The average Bonchev–Trinajstić information content (AvgIpc) is 2.79. The van der Waals surface area contributed by atoms with E-state index in [1.807, 2.05) is 13.8 Å². The van der Waals surface area contributed by atoms with Gasteiger partial charge in [0.15, 0.2) is 6.29 Å². The van der Waals surface area contributed by atoms with Crippen molar-refractivity contribution in [2.24, 2.45) is 0 Å². The Morgan fingerprint density at radius 1 is 1.24 bits per heavy atom. The van der Waals surface area contributed by atoms with E-state index in [4.69, 9.17) is 44.3 Å². The predicted molar refractivity (Wildman–Crippen MR) is 144 cm³/mol. The molecule has 0 radical (unpaired) electrons. The molecule has 1 aliphatic rings. The Labute approximate surface area is 231 Å². The minimum atomic E-state index is -3.63. The lowest BCUT2D eigenvalue weighted by atomic mass is 9.97. The number of sulfonamides is 1. The molecular formula is C24H29Cl3FN3O5S. The fourth-order valence-corrected chi connectivity index (χ4v) is 4.28. The zero-order valence-electron chi connectivity index (χ0n) is 20.7. The molecule has 1 fully saturated rings. The summed E-state index contributed by atoms with van der Waals surface area (Å²) >= 11 is 17.3. The summed E-state index contributed by atoms with van der Waals surface area (Å²) in [5.41, 5.74) is 2.17. The molecule has 1 saturated heterocycles. The number of aliphatic hydroxyl groups is 1. The van der Waals surface area contributed by atoms with E-state index in [0.29, 0.717) is 28.9 Å². The minimum Gasteiger partial charge on any atom is -0.393 e. The number of benzene rings is 1. The van der Waals surface area contributed by atoms with Gasteiger partial charge in [0.2, 0.25) is 19.8 Å². The molecule has 0 spiro atoms. The third-order valence-electron chi connectivity index (χ3n) is 5.61. The van der Waals surface area contributed by atoms with Gasteiger partial charge in [0.1, 0.15) is 5.82 Å². The quantitative estimate of drug-likeness (QED) is 0.425. The fourth-order valence-electron chi connectivity index (χ4n) is 3.71. The largest absolute Gasteiger partial charge is 0.393 e. The molecule has 1 aliphatic heterocycles. The van der Waals surface area contributed by atoms with Gasteiger partial charge in [-0.15, -0.1) is 0 Å². The highest BCUT2D eigenvalue weighted by Gasteiger charge is 2.31. The summed E-state index contributed by atoms with van der Waals surface area (Å²) in [6.45, 7) is 3.63. The molecular weight excluding hydrogens is 568 g/mol. The van der Waals surface area contributed by atoms with Gasteiger partial charge in [0.05, 0.1) is 36.5 Å². The topological polar surface area (TPSA) is 102 Å². The Hall–Kier alpha value is -1.53. The van der Waals surface area contributed by atoms with E-state index in [9.17, 15) is 17.9 Å². The van der Waals surface area contributed by atoms with Crippen molar-refractivity contribution < 1.29 is 27.4 Å². The van der Waals surface area contributed by atoms with E-state index >= 15 is 0 Å². The SMILES string of the molecule is CC(C)c1nc(N(C)S(C)(=O)=O)nc(-c2ccc(F)cc2)c1C=CC1CC(O)CC(OCC(Cl)(Cl)Cl)O1. The maximum absolute atomic E-state index is 13.7. The van der Waals surface area contributed by atoms with E-state index < -0.39 is 38.1 Å². The van der Waals surface area contributed by atoms with Crippen LogP contribution in [0.3, 0.4) is 0 Å². The van der Waals surface area contributed by atoms with Crippen molar-refractivity contribution in [1.29, 1.82) is 0 Å². The number of hydrogen-bond acceptors (Lipinski definition) is 7. The molecule has 3 unspecified atom stereocenters. The molecule has 2 aromatic rings. The number of ether oxygens (including phenoxy) is 2. The van der Waals surface area contributed by atoms with Crippen LogP contribution >= 0.6 is 34.8 Å². The Kier molecular flexibility index (Phi) is 9.82. The summed E-state index contributed by atoms with van der Waals surface area (Å²) < 4.78 is 48.9. The lowest BCUT2D eigenvalue weighted by molar-refractivity contribution is -0.203. The summed E-state index contributed by atoms with van der Waals surface area (Å²) in [7, 11) is -2.27. The van der Waals surface area contributed by atoms with E-state index in [0.717, 1.165) is 10.6 Å². The van der Waals surface area contributed by atoms with Gasteiger partial charge in [0, 0.05) is 31.0 Å². The van der Waals surface area contributed by atoms with Crippen LogP contribution in [-0.2, 0) is 19.5 Å². The van der Waals surface area contributed by atoms with Crippen LogP contribution in [0.25, 0.3) is 17.3 Å². The van der Waals surface area contributed by atoms with Gasteiger partial charge < -0.3 is 14.6 Å². The lowest BCUT2D eigenvalue weighted by Crippen LogP contribution is -2.37. The van der Waals surface area contributed by atoms with Crippen LogP contribution in [-0.4, -0.2) is 65.7 Å². The van der Waals surface area contributed by atoms with Crippen molar-refractivity contribution in [2.75, 3.05) is 24.2 Å². The molecule has 3 rings (SSSR count). The highest BCUT2D eigenvalue weighted by atomic mass is 35.6. The van der Waals surface area contributed by atoms with Crippen molar-refractivity contribution >= 4 is 56.9 Å². The maximum atomic E-state index is 13.7. The van der Waals surface area contributed by atoms with E-state index in [1.54, 1.807) is 24.3 Å². The van der Waals surface area contributed by atoms with Gasteiger partial charge in [0.25, 0.3) is 0 Å². The van der Waals surface area contributed by atoms with Crippen LogP contribution in [0.15, 0.2) is 30.3 Å². The van der Waals surface area contributed by atoms with Gasteiger partial charge in [-0.25, -0.2) is 27.1 Å². The molecule has 0 amide bonds. The summed E-state index contributed by atoms with van der Waals surface area (Å²) in [5.74, 6) is -0.545. The van der Waals surface area contributed by atoms with Gasteiger partial charge in [-0.2, -0.15) is 0 Å². The number of alkyl halides is 3. The second kappa shape index (κ2) is 12.1. The van der Waals surface area contributed by atoms with Crippen molar-refractivity contribution in [3.8, 4) is 11.3 Å². The van der Waals surface area contributed by atoms with Gasteiger partial charge in [-0.1, -0.05) is 60.8 Å². The highest BCUT2D eigenvalue weighted by Crippen LogP contribution is 2.33. The van der Waals surface area contributed by atoms with E-state index in [1.165, 1.54) is 19.2 Å². The number of rotatable bonds is 8. The zero-order chi connectivity index (χ0) is 27.5. The van der Waals surface area contributed by atoms with E-state index in [2.05, 4.69) is 9.97 Å². The molecule has 3 atom stereocenters. The monoisotopic (exact) mass is 595 g/mol. The molecule has 8 nitrogen and oxygen atoms in total. The Balaban J connectivity index is 2.04. The van der Waals surface area contributed by atoms with Gasteiger partial charge in [-0.05, 0) is 30.2 Å². The Morgan fingerprint density at radius 2 is 1.89 bits per heavy atom. The maximum Gasteiger partial charge on any atom is 0.239 e. The number of halogens is 4. The van der Waals surface area contributed by atoms with Crippen molar-refractivity contribution in [1.82, 2.24) is 9.97 Å². The molecule has 13 heteroatoms. The first kappa shape index (κ1) is 30.0. The third kappa shape index (κ3) is 8.48. The first-order chi connectivity index (χ1) is 17.1. The van der Waals surface area contributed by atoms with Crippen LogP contribution in [0.5, 0.6) is 0 Å². The van der Waals surface area contributed by atoms with Crippen molar-refractivity contribution in [2.45, 2.75) is 54.9 Å². The van der Waals surface area contributed by atoms with Crippen LogP contribution in [0.4, 0.5) is 10.3 Å². The molecule has 1 N–H and O–H groups in total. The molecule has 204 valence electrons. The number of anilines is 1. The molecule has 1 aromatic heterocycles. The Morgan fingerprint density at radius 3 is 2.46 bits per heavy atom. The van der Waals surface area contributed by atoms with Crippen LogP contribution < -0.4 is 4.31 Å². The fraction of sp³-hybridized carbons (Fsp3) is 0.500. The van der Waals surface area contributed by atoms with Crippen LogP contribution in [0.1, 0.15) is 43.9 Å². The first-order valence-electron chi connectivity index (χ1n) is 11.5. The highest BCUT2D eigenvalue weighted by molar-refractivity contribution is 7.92. The normalized spacial score (nSPS) is 21.1. The first-order valence-corrected chi connectivity index (χ1v) is 14.4. The van der Waals surface area contributed by atoms with Crippen LogP contribution in [0.2, 0.25) is 0 Å². The second-order valence-corrected chi connectivity index (χ2v) is 13.6. The lowest BCUT2D eigenvalue weighted by Gasteiger charge is -2.32. The standard InChI is InChI=1S/C24H29Cl3FN3O5S/c1-14(2)21-19(10-9-18-11-17(32)12-20(36-18)35-13-24(25,26)27)22(15-5-7-16(28)8-6-15)30-23(29-21)31(3)37(4,33)34/h5-10,14,17-18,20,32H,11-13H2,1-4H3. The predicted octanol–water partition coefficient (Wildman–Crippen LogP) is 5.07.